The van der Waals surface area contributed by atoms with E-state index in [2.05, 4.69) is 16.1 Å². The fourth-order valence-corrected chi connectivity index (χ4v) is 2.57. The molecule has 1 rings (SSSR count). The van der Waals surface area contributed by atoms with Crippen LogP contribution in [0.25, 0.3) is 0 Å². The average molecular weight is 366 g/mol. The molecule has 0 aromatic heterocycles. The van der Waals surface area contributed by atoms with Gasteiger partial charge in [-0.3, -0.25) is 0 Å². The molecule has 0 bridgehead atoms. The second-order valence-electron chi connectivity index (χ2n) is 4.02. The van der Waals surface area contributed by atoms with Crippen molar-refractivity contribution < 1.29 is 38.0 Å². The molecule has 1 heterocycles. The Bertz CT molecular complexity index is 409. The van der Waals surface area contributed by atoms with Gasteiger partial charge < -0.3 is 28.4 Å². The van der Waals surface area contributed by atoms with Crippen molar-refractivity contribution in [2.24, 2.45) is 0 Å². The van der Waals surface area contributed by atoms with Gasteiger partial charge in [-0.1, -0.05) is 18.3 Å². The van der Waals surface area contributed by atoms with Gasteiger partial charge in [0.15, 0.2) is 0 Å². The van der Waals surface area contributed by atoms with E-state index in [4.69, 9.17) is 31.2 Å². The molecule has 0 aliphatic carbocycles. The molecule has 8 nitrogen and oxygen atoms in total. The fraction of sp³-hybridized carbons (Fsp3) is 0.615. The summed E-state index contributed by atoms with van der Waals surface area (Å²) in [6.45, 7) is 4.56. The van der Waals surface area contributed by atoms with Gasteiger partial charge in [-0.2, -0.15) is 0 Å². The highest BCUT2D eigenvalue weighted by molar-refractivity contribution is 8.23. The van der Waals surface area contributed by atoms with E-state index in [0.29, 0.717) is 24.4 Å². The Kier molecular flexibility index (Phi) is 10.4. The minimum absolute atomic E-state index is 0.0103. The van der Waals surface area contributed by atoms with Crippen LogP contribution >= 0.6 is 24.0 Å². The van der Waals surface area contributed by atoms with E-state index in [1.165, 1.54) is 11.8 Å². The van der Waals surface area contributed by atoms with Gasteiger partial charge in [-0.25, -0.2) is 9.59 Å². The first-order valence-corrected chi connectivity index (χ1v) is 7.98. The number of rotatable bonds is 8. The molecule has 0 N–H and O–H groups in total. The highest BCUT2D eigenvalue weighted by Crippen LogP contribution is 2.17. The standard InChI is InChI=1S/C13H18O8S2/c1-2-11(14)18-3-4-19-12(15)20-5-6-21-13(22)23-10-7-16-9-17-8-10/h2,10H,1,3-9H2. The van der Waals surface area contributed by atoms with Crippen LogP contribution in [0.2, 0.25) is 0 Å². The molecule has 1 fully saturated rings. The lowest BCUT2D eigenvalue weighted by Gasteiger charge is -2.21. The Labute approximate surface area is 143 Å². The number of hydrogen-bond acceptors (Lipinski definition) is 10. The molecular weight excluding hydrogens is 348 g/mol. The van der Waals surface area contributed by atoms with Crippen molar-refractivity contribution >= 4 is 40.5 Å². The quantitative estimate of drug-likeness (QED) is 0.271. The summed E-state index contributed by atoms with van der Waals surface area (Å²) in [4.78, 5) is 21.9. The largest absolute Gasteiger partial charge is 0.508 e. The lowest BCUT2D eigenvalue weighted by Crippen LogP contribution is -2.27. The van der Waals surface area contributed by atoms with Crippen LogP contribution in [-0.2, 0) is 33.2 Å². The molecule has 0 unspecified atom stereocenters. The summed E-state index contributed by atoms with van der Waals surface area (Å²) in [7, 11) is 0. The van der Waals surface area contributed by atoms with Gasteiger partial charge in [-0.05, 0) is 12.2 Å². The van der Waals surface area contributed by atoms with E-state index in [1.807, 2.05) is 0 Å². The Morgan fingerprint density at radius 1 is 1.09 bits per heavy atom. The van der Waals surface area contributed by atoms with Crippen molar-refractivity contribution in [3.8, 4) is 0 Å². The minimum Gasteiger partial charge on any atom is -0.475 e. The molecule has 1 aliphatic rings. The van der Waals surface area contributed by atoms with Gasteiger partial charge in [0.1, 0.15) is 33.2 Å². The number of carbonyl (C=O) groups is 2. The topological polar surface area (TPSA) is 89.5 Å². The highest BCUT2D eigenvalue weighted by atomic mass is 32.2. The summed E-state index contributed by atoms with van der Waals surface area (Å²) >= 11 is 6.37. The first kappa shape index (κ1) is 19.7. The predicted octanol–water partition coefficient (Wildman–Crippen LogP) is 1.28. The SMILES string of the molecule is C=CC(=O)OCCOC(=O)OCCOC(=S)SC1COCOC1. The van der Waals surface area contributed by atoms with Gasteiger partial charge in [0, 0.05) is 6.08 Å². The summed E-state index contributed by atoms with van der Waals surface area (Å²) in [5.74, 6) is -0.588. The number of thioether (sulfide) groups is 1. The molecule has 0 amide bonds. The number of esters is 1. The van der Waals surface area contributed by atoms with Gasteiger partial charge >= 0.3 is 12.1 Å². The second-order valence-corrected chi connectivity index (χ2v) is 5.92. The first-order valence-electron chi connectivity index (χ1n) is 6.69. The second kappa shape index (κ2) is 12.1. The van der Waals surface area contributed by atoms with E-state index in [0.717, 1.165) is 6.08 Å². The molecule has 10 heteroatoms. The Morgan fingerprint density at radius 3 is 2.26 bits per heavy atom. The third-order valence-electron chi connectivity index (χ3n) is 2.27. The van der Waals surface area contributed by atoms with Gasteiger partial charge in [0.2, 0.25) is 4.38 Å². The van der Waals surface area contributed by atoms with Crippen LogP contribution in [0.5, 0.6) is 0 Å². The lowest BCUT2D eigenvalue weighted by molar-refractivity contribution is -0.139. The van der Waals surface area contributed by atoms with Crippen LogP contribution in [0.4, 0.5) is 4.79 Å². The number of ether oxygens (including phenoxy) is 6. The molecule has 0 atom stereocenters. The molecule has 23 heavy (non-hydrogen) atoms. The van der Waals surface area contributed by atoms with Crippen molar-refractivity contribution in [1.29, 1.82) is 0 Å². The van der Waals surface area contributed by atoms with Crippen molar-refractivity contribution in [3.63, 3.8) is 0 Å². The molecule has 0 radical (unpaired) electrons. The molecule has 130 valence electrons. The summed E-state index contributed by atoms with van der Waals surface area (Å²) < 4.78 is 29.9. The minimum atomic E-state index is -0.879. The van der Waals surface area contributed by atoms with Crippen LogP contribution in [-0.4, -0.2) is 68.2 Å². The summed E-state index contributed by atoms with van der Waals surface area (Å²) in [5, 5.41) is 0.0976. The fourth-order valence-electron chi connectivity index (χ4n) is 1.32. The van der Waals surface area contributed by atoms with E-state index >= 15 is 0 Å². The number of hydrogen-bond donors (Lipinski definition) is 0. The third-order valence-corrected chi connectivity index (χ3v) is 3.60. The van der Waals surface area contributed by atoms with Crippen molar-refractivity contribution in [2.75, 3.05) is 46.4 Å². The summed E-state index contributed by atoms with van der Waals surface area (Å²) in [5.41, 5.74) is 0. The van der Waals surface area contributed by atoms with Gasteiger partial charge in [0.25, 0.3) is 0 Å². The van der Waals surface area contributed by atoms with Crippen LogP contribution < -0.4 is 0 Å². The average Bonchev–Trinajstić information content (AvgIpc) is 2.56. The zero-order valence-corrected chi connectivity index (χ0v) is 14.0. The molecule has 0 saturated carbocycles. The van der Waals surface area contributed by atoms with Gasteiger partial charge in [0.05, 0.1) is 18.5 Å². The van der Waals surface area contributed by atoms with E-state index < -0.39 is 12.1 Å². The third kappa shape index (κ3) is 10.1. The maximum Gasteiger partial charge on any atom is 0.508 e. The summed E-state index contributed by atoms with van der Waals surface area (Å²) in [6.07, 6.45) is 0.137. The molecule has 0 aromatic carbocycles. The van der Waals surface area contributed by atoms with Crippen LogP contribution in [0, 0.1) is 0 Å². The van der Waals surface area contributed by atoms with Crippen molar-refractivity contribution in [2.45, 2.75) is 5.25 Å². The maximum absolute atomic E-state index is 11.2. The van der Waals surface area contributed by atoms with Gasteiger partial charge in [-0.15, -0.1) is 0 Å². The zero-order chi connectivity index (χ0) is 16.9. The predicted molar refractivity (Wildman–Crippen MR) is 85.2 cm³/mol. The van der Waals surface area contributed by atoms with Crippen molar-refractivity contribution in [1.82, 2.24) is 0 Å². The molecule has 1 saturated heterocycles. The van der Waals surface area contributed by atoms with Crippen LogP contribution in [0.3, 0.4) is 0 Å². The van der Waals surface area contributed by atoms with Crippen molar-refractivity contribution in [3.05, 3.63) is 12.7 Å². The molecular formula is C13H18O8S2. The number of thiocarbonyl (C=S) groups is 1. The lowest BCUT2D eigenvalue weighted by atomic mass is 10.5. The Balaban J connectivity index is 1.96. The van der Waals surface area contributed by atoms with Crippen LogP contribution in [0.15, 0.2) is 12.7 Å². The molecule has 0 spiro atoms. The molecule has 0 aromatic rings. The zero-order valence-electron chi connectivity index (χ0n) is 12.4. The normalized spacial score (nSPS) is 14.6. The maximum atomic E-state index is 11.2. The van der Waals surface area contributed by atoms with Crippen LogP contribution in [0.1, 0.15) is 0 Å². The van der Waals surface area contributed by atoms with E-state index in [9.17, 15) is 9.59 Å². The molecule has 1 aliphatic heterocycles. The van der Waals surface area contributed by atoms with E-state index in [1.54, 1.807) is 0 Å². The Morgan fingerprint density at radius 2 is 1.65 bits per heavy atom. The van der Waals surface area contributed by atoms with E-state index in [-0.39, 0.29) is 31.7 Å². The highest BCUT2D eigenvalue weighted by Gasteiger charge is 2.17. The summed E-state index contributed by atoms with van der Waals surface area (Å²) in [6, 6.07) is 0. The number of carbonyl (C=O) groups excluding carboxylic acids is 2. The monoisotopic (exact) mass is 366 g/mol. The first-order chi connectivity index (χ1) is 11.1. The Hall–Kier alpha value is -1.36. The smallest absolute Gasteiger partial charge is 0.475 e.